The molecule has 1 aromatic rings. The van der Waals surface area contributed by atoms with Crippen molar-refractivity contribution in [3.63, 3.8) is 0 Å². The van der Waals surface area contributed by atoms with Gasteiger partial charge in [-0.15, -0.1) is 0 Å². The van der Waals surface area contributed by atoms with Crippen LogP contribution in [0.1, 0.15) is 32.8 Å². The van der Waals surface area contributed by atoms with Crippen molar-refractivity contribution in [3.8, 4) is 5.75 Å². The fourth-order valence-corrected chi connectivity index (χ4v) is 4.17. The number of nitrogens with two attached hydrogens (primary N) is 1. The van der Waals surface area contributed by atoms with Gasteiger partial charge < -0.3 is 10.5 Å². The molecular formula is C14H23ClN2O3S. The molecule has 1 aromatic carbocycles. The van der Waals surface area contributed by atoms with Gasteiger partial charge in [0, 0.05) is 23.2 Å². The van der Waals surface area contributed by atoms with E-state index in [-0.39, 0.29) is 29.1 Å². The molecule has 21 heavy (non-hydrogen) atoms. The average molecular weight is 335 g/mol. The van der Waals surface area contributed by atoms with E-state index < -0.39 is 10.0 Å². The molecule has 1 unspecified atom stereocenters. The first-order valence-electron chi connectivity index (χ1n) is 6.85. The first-order chi connectivity index (χ1) is 9.76. The Hall–Kier alpha value is -0.820. The minimum absolute atomic E-state index is 0.0250. The zero-order valence-corrected chi connectivity index (χ0v) is 14.4. The molecule has 0 aliphatic rings. The van der Waals surface area contributed by atoms with Crippen molar-refractivity contribution in [2.75, 3.05) is 7.11 Å². The third kappa shape index (κ3) is 4.32. The van der Waals surface area contributed by atoms with E-state index in [4.69, 9.17) is 22.1 Å². The zero-order chi connectivity index (χ0) is 16.2. The summed E-state index contributed by atoms with van der Waals surface area (Å²) in [5.74, 6) is 0.428. The van der Waals surface area contributed by atoms with Crippen LogP contribution in [0.5, 0.6) is 5.75 Å². The topological polar surface area (TPSA) is 81.4 Å². The first-order valence-corrected chi connectivity index (χ1v) is 8.71. The summed E-state index contributed by atoms with van der Waals surface area (Å²) in [6.07, 6.45) is 0.698. The first kappa shape index (κ1) is 18.2. The van der Waals surface area contributed by atoms with Crippen LogP contribution in [-0.2, 0) is 16.6 Å². The second-order valence-corrected chi connectivity index (χ2v) is 7.30. The van der Waals surface area contributed by atoms with Gasteiger partial charge in [0.15, 0.2) is 0 Å². The van der Waals surface area contributed by atoms with E-state index in [1.807, 2.05) is 20.8 Å². The maximum absolute atomic E-state index is 12.6. The lowest BCUT2D eigenvalue weighted by Crippen LogP contribution is -2.38. The second kappa shape index (κ2) is 7.45. The summed E-state index contributed by atoms with van der Waals surface area (Å²) < 4.78 is 33.2. The lowest BCUT2D eigenvalue weighted by Gasteiger charge is -2.22. The number of nitrogens with one attached hydrogen (secondary N) is 1. The van der Waals surface area contributed by atoms with E-state index in [2.05, 4.69) is 4.72 Å². The van der Waals surface area contributed by atoms with Crippen LogP contribution < -0.4 is 15.2 Å². The van der Waals surface area contributed by atoms with Crippen molar-refractivity contribution in [1.29, 1.82) is 0 Å². The maximum Gasteiger partial charge on any atom is 0.244 e. The van der Waals surface area contributed by atoms with Gasteiger partial charge in [-0.2, -0.15) is 0 Å². The van der Waals surface area contributed by atoms with E-state index in [0.29, 0.717) is 17.0 Å². The minimum atomic E-state index is -3.73. The monoisotopic (exact) mass is 334 g/mol. The molecule has 0 fully saturated rings. The lowest BCUT2D eigenvalue weighted by molar-refractivity contribution is 0.395. The minimum Gasteiger partial charge on any atom is -0.495 e. The van der Waals surface area contributed by atoms with Crippen LogP contribution in [0.4, 0.5) is 0 Å². The summed E-state index contributed by atoms with van der Waals surface area (Å²) in [4.78, 5) is 0.0250. The Labute approximate surface area is 131 Å². The molecule has 1 atom stereocenters. The fraction of sp³-hybridized carbons (Fsp3) is 0.571. The highest BCUT2D eigenvalue weighted by Crippen LogP contribution is 2.32. The van der Waals surface area contributed by atoms with Gasteiger partial charge in [-0.3, -0.25) is 0 Å². The van der Waals surface area contributed by atoms with E-state index >= 15 is 0 Å². The Balaban J connectivity index is 3.34. The summed E-state index contributed by atoms with van der Waals surface area (Å²) >= 11 is 5.99. The number of halogens is 1. The molecule has 5 nitrogen and oxygen atoms in total. The quantitative estimate of drug-likeness (QED) is 0.802. The van der Waals surface area contributed by atoms with Gasteiger partial charge in [0.25, 0.3) is 0 Å². The second-order valence-electron chi connectivity index (χ2n) is 5.18. The highest BCUT2D eigenvalue weighted by molar-refractivity contribution is 7.89. The van der Waals surface area contributed by atoms with E-state index in [0.717, 1.165) is 0 Å². The Morgan fingerprint density at radius 1 is 1.38 bits per heavy atom. The molecule has 1 rings (SSSR count). The van der Waals surface area contributed by atoms with Crippen molar-refractivity contribution in [2.45, 2.75) is 44.7 Å². The Morgan fingerprint density at radius 3 is 2.43 bits per heavy atom. The highest BCUT2D eigenvalue weighted by atomic mass is 35.5. The molecule has 3 N–H and O–H groups in total. The molecule has 0 aliphatic carbocycles. The predicted molar refractivity (Wildman–Crippen MR) is 85.1 cm³/mol. The molecule has 0 heterocycles. The largest absolute Gasteiger partial charge is 0.495 e. The molecule has 0 saturated heterocycles. The van der Waals surface area contributed by atoms with Gasteiger partial charge in [0.2, 0.25) is 10.0 Å². The molecule has 0 radical (unpaired) electrons. The number of rotatable bonds is 7. The zero-order valence-electron chi connectivity index (χ0n) is 12.8. The van der Waals surface area contributed by atoms with Crippen LogP contribution in [0.25, 0.3) is 0 Å². The van der Waals surface area contributed by atoms with Gasteiger partial charge in [0.05, 0.1) is 7.11 Å². The SMILES string of the molecule is CCC(NS(=O)(=O)c1cc(Cl)cc(CN)c1OC)C(C)C. The smallest absolute Gasteiger partial charge is 0.244 e. The van der Waals surface area contributed by atoms with Crippen LogP contribution in [-0.4, -0.2) is 21.6 Å². The third-order valence-electron chi connectivity index (χ3n) is 3.36. The van der Waals surface area contributed by atoms with E-state index in [1.165, 1.54) is 13.2 Å². The molecule has 7 heteroatoms. The standard InChI is InChI=1S/C14H23ClN2O3S/c1-5-12(9(2)3)17-21(18,19)13-7-11(15)6-10(8-16)14(13)20-4/h6-7,9,12,17H,5,8,16H2,1-4H3. The molecule has 120 valence electrons. The lowest BCUT2D eigenvalue weighted by atomic mass is 10.0. The molecule has 0 aliphatic heterocycles. The van der Waals surface area contributed by atoms with Crippen molar-refractivity contribution in [2.24, 2.45) is 11.7 Å². The van der Waals surface area contributed by atoms with Gasteiger partial charge in [-0.1, -0.05) is 32.4 Å². The number of sulfonamides is 1. The molecule has 0 amide bonds. The van der Waals surface area contributed by atoms with Crippen LogP contribution in [0, 0.1) is 5.92 Å². The molecule has 0 spiro atoms. The van der Waals surface area contributed by atoms with Crippen molar-refractivity contribution < 1.29 is 13.2 Å². The van der Waals surface area contributed by atoms with Crippen LogP contribution in [0.2, 0.25) is 5.02 Å². The van der Waals surface area contributed by atoms with Crippen LogP contribution in [0.3, 0.4) is 0 Å². The van der Waals surface area contributed by atoms with Crippen molar-refractivity contribution in [1.82, 2.24) is 4.72 Å². The Morgan fingerprint density at radius 2 is 2.00 bits per heavy atom. The summed E-state index contributed by atoms with van der Waals surface area (Å²) in [5, 5.41) is 0.314. The molecule has 0 bridgehead atoms. The summed E-state index contributed by atoms with van der Waals surface area (Å²) in [6.45, 7) is 6.02. The predicted octanol–water partition coefficient (Wildman–Crippen LogP) is 2.52. The van der Waals surface area contributed by atoms with Gasteiger partial charge in [-0.25, -0.2) is 13.1 Å². The number of hydrogen-bond donors (Lipinski definition) is 2. The molecular weight excluding hydrogens is 312 g/mol. The van der Waals surface area contributed by atoms with E-state index in [9.17, 15) is 8.42 Å². The summed E-state index contributed by atoms with van der Waals surface area (Å²) in [7, 11) is -2.31. The highest BCUT2D eigenvalue weighted by Gasteiger charge is 2.26. The van der Waals surface area contributed by atoms with Gasteiger partial charge in [0.1, 0.15) is 10.6 Å². The van der Waals surface area contributed by atoms with Gasteiger partial charge >= 0.3 is 0 Å². The Bertz CT molecular complexity index is 588. The van der Waals surface area contributed by atoms with Crippen molar-refractivity contribution in [3.05, 3.63) is 22.7 Å². The number of ether oxygens (including phenoxy) is 1. The summed E-state index contributed by atoms with van der Waals surface area (Å²) in [5.41, 5.74) is 6.19. The van der Waals surface area contributed by atoms with Crippen LogP contribution >= 0.6 is 11.6 Å². The average Bonchev–Trinajstić information content (AvgIpc) is 2.43. The molecule has 0 aromatic heterocycles. The normalized spacial score (nSPS) is 13.5. The number of methoxy groups -OCH3 is 1. The number of hydrogen-bond acceptors (Lipinski definition) is 4. The fourth-order valence-electron chi connectivity index (χ4n) is 2.16. The van der Waals surface area contributed by atoms with Gasteiger partial charge in [-0.05, 0) is 24.5 Å². The van der Waals surface area contributed by atoms with Crippen LogP contribution in [0.15, 0.2) is 17.0 Å². The van der Waals surface area contributed by atoms with E-state index in [1.54, 1.807) is 6.07 Å². The summed E-state index contributed by atoms with van der Waals surface area (Å²) in [6, 6.07) is 2.84. The number of benzene rings is 1. The third-order valence-corrected chi connectivity index (χ3v) is 5.07. The Kier molecular flexibility index (Phi) is 6.46. The molecule has 0 saturated carbocycles. The van der Waals surface area contributed by atoms with Crippen molar-refractivity contribution >= 4 is 21.6 Å². The maximum atomic E-state index is 12.6.